The number of rotatable bonds is 5. The number of piperazine rings is 1. The van der Waals surface area contributed by atoms with Crippen molar-refractivity contribution >= 4 is 50.8 Å². The number of fused-ring (bicyclic) bond motifs is 1. The van der Waals surface area contributed by atoms with E-state index in [2.05, 4.69) is 44.8 Å². The number of halogens is 1. The van der Waals surface area contributed by atoms with Crippen LogP contribution in [0.5, 0.6) is 5.75 Å². The second-order valence-electron chi connectivity index (χ2n) is 8.96. The Labute approximate surface area is 207 Å². The molecule has 0 unspecified atom stereocenters. The predicted octanol–water partition coefficient (Wildman–Crippen LogP) is 3.97. The van der Waals surface area contributed by atoms with Crippen LogP contribution in [0.25, 0.3) is 10.9 Å². The van der Waals surface area contributed by atoms with Gasteiger partial charge in [0.15, 0.2) is 0 Å². The first-order valence-electron chi connectivity index (χ1n) is 11.1. The molecule has 2 heterocycles. The first-order chi connectivity index (χ1) is 15.8. The van der Waals surface area contributed by atoms with Crippen LogP contribution in [-0.4, -0.2) is 53.7 Å². The van der Waals surface area contributed by atoms with E-state index in [1.807, 2.05) is 38.1 Å². The van der Waals surface area contributed by atoms with Crippen LogP contribution >= 0.6 is 22.6 Å². The van der Waals surface area contributed by atoms with Crippen molar-refractivity contribution in [1.29, 1.82) is 0 Å². The number of anilines is 2. The molecule has 0 radical (unpaired) electrons. The van der Waals surface area contributed by atoms with Crippen LogP contribution in [-0.2, 0) is 6.54 Å². The zero-order valence-electron chi connectivity index (χ0n) is 19.1. The monoisotopic (exact) mass is 560 g/mol. The highest BCUT2D eigenvalue weighted by atomic mass is 127. The molecule has 0 spiro atoms. The van der Waals surface area contributed by atoms with Gasteiger partial charge in [-0.25, -0.2) is 0 Å². The number of pyridine rings is 1. The minimum atomic E-state index is -0.600. The second kappa shape index (κ2) is 9.72. The molecule has 1 aliphatic heterocycles. The molecule has 7 nitrogen and oxygen atoms in total. The van der Waals surface area contributed by atoms with Gasteiger partial charge in [-0.2, -0.15) is 0 Å². The Hall–Kier alpha value is -2.59. The van der Waals surface area contributed by atoms with Gasteiger partial charge < -0.3 is 24.8 Å². The summed E-state index contributed by atoms with van der Waals surface area (Å²) in [6.07, 6.45) is 0. The zero-order valence-corrected chi connectivity index (χ0v) is 21.3. The number of carbonyl (C=O) groups is 1. The molecule has 1 fully saturated rings. The Morgan fingerprint density at radius 1 is 1.12 bits per heavy atom. The smallest absolute Gasteiger partial charge is 0.267 e. The molecule has 0 atom stereocenters. The number of hydrogen-bond acceptors (Lipinski definition) is 5. The third-order valence-electron chi connectivity index (χ3n) is 5.97. The summed E-state index contributed by atoms with van der Waals surface area (Å²) in [4.78, 5) is 31.3. The number of nitrogens with one attached hydrogen (secondary N) is 1. The van der Waals surface area contributed by atoms with Gasteiger partial charge in [-0.3, -0.25) is 9.59 Å². The average molecular weight is 560 g/mol. The molecule has 1 saturated heterocycles. The quantitative estimate of drug-likeness (QED) is 0.462. The van der Waals surface area contributed by atoms with E-state index in [1.54, 1.807) is 22.8 Å². The molecule has 0 bridgehead atoms. The lowest BCUT2D eigenvalue weighted by molar-refractivity contribution is 0.102. The van der Waals surface area contributed by atoms with Gasteiger partial charge in [0.05, 0.1) is 16.9 Å². The highest BCUT2D eigenvalue weighted by Crippen LogP contribution is 2.31. The number of aromatic nitrogens is 1. The molecule has 8 heteroatoms. The zero-order chi connectivity index (χ0) is 23.7. The van der Waals surface area contributed by atoms with Gasteiger partial charge in [0.2, 0.25) is 0 Å². The van der Waals surface area contributed by atoms with Crippen molar-refractivity contribution in [2.24, 2.45) is 5.92 Å². The van der Waals surface area contributed by atoms with Crippen molar-refractivity contribution in [2.45, 2.75) is 20.4 Å². The lowest BCUT2D eigenvalue weighted by Gasteiger charge is -2.35. The Balaban J connectivity index is 1.76. The second-order valence-corrected chi connectivity index (χ2v) is 10.2. The van der Waals surface area contributed by atoms with E-state index in [0.717, 1.165) is 35.4 Å². The third kappa shape index (κ3) is 4.86. The lowest BCUT2D eigenvalue weighted by atomic mass is 10.1. The number of aromatic hydroxyl groups is 1. The van der Waals surface area contributed by atoms with Gasteiger partial charge >= 0.3 is 0 Å². The van der Waals surface area contributed by atoms with E-state index in [1.165, 1.54) is 0 Å². The first-order valence-corrected chi connectivity index (χ1v) is 12.2. The summed E-state index contributed by atoms with van der Waals surface area (Å²) in [6, 6.07) is 13.0. The molecule has 2 N–H and O–H groups in total. The maximum absolute atomic E-state index is 13.4. The van der Waals surface area contributed by atoms with Crippen LogP contribution < -0.4 is 15.8 Å². The summed E-state index contributed by atoms with van der Waals surface area (Å²) >= 11 is 2.26. The van der Waals surface area contributed by atoms with Crippen LogP contribution in [0.1, 0.15) is 24.2 Å². The van der Waals surface area contributed by atoms with Crippen molar-refractivity contribution in [3.8, 4) is 5.75 Å². The van der Waals surface area contributed by atoms with E-state index in [-0.39, 0.29) is 17.2 Å². The summed E-state index contributed by atoms with van der Waals surface area (Å²) in [7, 11) is 2.10. The minimum Gasteiger partial charge on any atom is -0.506 e. The summed E-state index contributed by atoms with van der Waals surface area (Å²) in [5.41, 5.74) is 1.47. The fourth-order valence-corrected chi connectivity index (χ4v) is 4.72. The normalized spacial score (nSPS) is 14.8. The fraction of sp³-hybridized carbons (Fsp3) is 0.360. The van der Waals surface area contributed by atoms with Crippen molar-refractivity contribution < 1.29 is 9.90 Å². The van der Waals surface area contributed by atoms with Crippen molar-refractivity contribution in [3.05, 3.63) is 62.0 Å². The molecule has 0 saturated carbocycles. The predicted molar refractivity (Wildman–Crippen MR) is 142 cm³/mol. The average Bonchev–Trinajstić information content (AvgIpc) is 2.78. The van der Waals surface area contributed by atoms with Crippen molar-refractivity contribution in [1.82, 2.24) is 9.47 Å². The molecule has 33 heavy (non-hydrogen) atoms. The molecule has 1 aromatic heterocycles. The number of likely N-dealkylation sites (N-methyl/N-ethyl adjacent to an activating group) is 1. The highest BCUT2D eigenvalue weighted by Gasteiger charge is 2.24. The van der Waals surface area contributed by atoms with Crippen LogP contribution in [0.4, 0.5) is 11.4 Å². The molecule has 3 aromatic rings. The molecule has 1 aliphatic rings. The van der Waals surface area contributed by atoms with E-state index >= 15 is 0 Å². The molecule has 0 aliphatic carbocycles. The van der Waals surface area contributed by atoms with Crippen molar-refractivity contribution in [3.63, 3.8) is 0 Å². The number of benzene rings is 2. The van der Waals surface area contributed by atoms with E-state index < -0.39 is 11.5 Å². The van der Waals surface area contributed by atoms with Gasteiger partial charge in [-0.05, 0) is 65.9 Å². The van der Waals surface area contributed by atoms with E-state index in [9.17, 15) is 14.7 Å². The fourth-order valence-electron chi connectivity index (χ4n) is 4.24. The Bertz CT molecular complexity index is 1250. The minimum absolute atomic E-state index is 0.201. The molecule has 4 rings (SSSR count). The summed E-state index contributed by atoms with van der Waals surface area (Å²) in [5.74, 6) is -0.677. The summed E-state index contributed by atoms with van der Waals surface area (Å²) < 4.78 is 2.65. The first kappa shape index (κ1) is 23.6. The molecular weight excluding hydrogens is 531 g/mol. The third-order valence-corrected chi connectivity index (χ3v) is 6.64. The van der Waals surface area contributed by atoms with Crippen LogP contribution in [0.2, 0.25) is 0 Å². The Morgan fingerprint density at radius 3 is 2.52 bits per heavy atom. The SMILES string of the molecule is CC(C)Cn1c(=O)c(C(=O)Nc2ccc(I)cc2N2CCN(C)CC2)c(O)c2ccccc21. The van der Waals surface area contributed by atoms with Gasteiger partial charge in [0.1, 0.15) is 11.3 Å². The van der Waals surface area contributed by atoms with E-state index in [4.69, 9.17) is 0 Å². The van der Waals surface area contributed by atoms with Crippen LogP contribution in [0.15, 0.2) is 47.3 Å². The highest BCUT2D eigenvalue weighted by molar-refractivity contribution is 14.1. The van der Waals surface area contributed by atoms with Crippen LogP contribution in [0.3, 0.4) is 0 Å². The van der Waals surface area contributed by atoms with Crippen LogP contribution in [0, 0.1) is 9.49 Å². The molecule has 174 valence electrons. The van der Waals surface area contributed by atoms with Crippen molar-refractivity contribution in [2.75, 3.05) is 43.4 Å². The largest absolute Gasteiger partial charge is 0.506 e. The molecule has 1 amide bonds. The summed E-state index contributed by atoms with van der Waals surface area (Å²) in [6.45, 7) is 8.05. The Morgan fingerprint density at radius 2 is 1.82 bits per heavy atom. The van der Waals surface area contributed by atoms with Gasteiger partial charge in [0, 0.05) is 41.7 Å². The number of nitrogens with zero attached hydrogens (tertiary/aromatic N) is 3. The summed E-state index contributed by atoms with van der Waals surface area (Å²) in [5, 5.41) is 14.3. The standard InChI is InChI=1S/C25H29IN4O3/c1-16(2)15-30-20-7-5-4-6-18(20)23(31)22(25(30)33)24(32)27-19-9-8-17(26)14-21(19)29-12-10-28(3)11-13-29/h4-9,14,16,31H,10-13,15H2,1-3H3,(H,27,32). The topological polar surface area (TPSA) is 77.8 Å². The Kier molecular flexibility index (Phi) is 6.94. The number of carbonyl (C=O) groups excluding carboxylic acids is 1. The maximum Gasteiger partial charge on any atom is 0.267 e. The molecule has 2 aromatic carbocycles. The van der Waals surface area contributed by atoms with Gasteiger partial charge in [-0.1, -0.05) is 26.0 Å². The number of para-hydroxylation sites is 1. The lowest BCUT2D eigenvalue weighted by Crippen LogP contribution is -2.44. The van der Waals surface area contributed by atoms with Gasteiger partial charge in [0.25, 0.3) is 11.5 Å². The number of hydrogen-bond donors (Lipinski definition) is 2. The number of amides is 1. The van der Waals surface area contributed by atoms with E-state index in [0.29, 0.717) is 23.1 Å². The molecular formula is C25H29IN4O3. The van der Waals surface area contributed by atoms with Gasteiger partial charge in [-0.15, -0.1) is 0 Å². The maximum atomic E-state index is 13.4.